The van der Waals surface area contributed by atoms with Crippen molar-refractivity contribution in [2.24, 2.45) is 0 Å². The van der Waals surface area contributed by atoms with Crippen molar-refractivity contribution < 1.29 is 18.4 Å². The van der Waals surface area contributed by atoms with Crippen LogP contribution in [0.1, 0.15) is 38.4 Å². The molecule has 33 heavy (non-hydrogen) atoms. The van der Waals surface area contributed by atoms with Crippen LogP contribution in [0, 0.1) is 11.6 Å². The zero-order valence-electron chi connectivity index (χ0n) is 17.9. The second-order valence-corrected chi connectivity index (χ2v) is 8.85. The summed E-state index contributed by atoms with van der Waals surface area (Å²) in [4.78, 5) is 31.3. The lowest BCUT2D eigenvalue weighted by molar-refractivity contribution is 0.0943. The van der Waals surface area contributed by atoms with Crippen LogP contribution in [-0.2, 0) is 0 Å². The molecule has 1 aliphatic rings. The number of nitrogens with one attached hydrogen (secondary N) is 2. The Hall–Kier alpha value is -3.37. The number of carbonyl (C=O) groups is 2. The highest BCUT2D eigenvalue weighted by Crippen LogP contribution is 2.31. The van der Waals surface area contributed by atoms with Crippen LogP contribution in [0.2, 0.25) is 0 Å². The maximum atomic E-state index is 14.0. The smallest absolute Gasteiger partial charge is 0.251 e. The second-order valence-electron chi connectivity index (χ2n) is 7.85. The summed E-state index contributed by atoms with van der Waals surface area (Å²) in [6.45, 7) is 1.65. The third-order valence-corrected chi connectivity index (χ3v) is 6.60. The average Bonchev–Trinajstić information content (AvgIpc) is 3.37. The number of nitrogen functional groups attached to an aromatic ring is 1. The number of rotatable bonds is 7. The molecule has 0 saturated carbocycles. The van der Waals surface area contributed by atoms with E-state index in [1.54, 1.807) is 24.3 Å². The van der Waals surface area contributed by atoms with Crippen LogP contribution in [0.25, 0.3) is 0 Å². The van der Waals surface area contributed by atoms with Gasteiger partial charge in [0.15, 0.2) is 5.13 Å². The van der Waals surface area contributed by atoms with Crippen LogP contribution in [0.4, 0.5) is 25.4 Å². The van der Waals surface area contributed by atoms with E-state index in [2.05, 4.69) is 27.6 Å². The van der Waals surface area contributed by atoms with Crippen LogP contribution in [0.3, 0.4) is 0 Å². The number of benzene rings is 2. The minimum Gasteiger partial charge on any atom is -0.382 e. The molecule has 4 rings (SSSR count). The summed E-state index contributed by atoms with van der Waals surface area (Å²) in [5, 5.41) is 6.25. The molecular weight excluding hydrogens is 448 g/mol. The molecule has 172 valence electrons. The minimum absolute atomic E-state index is 0.0608. The molecule has 2 aromatic carbocycles. The van der Waals surface area contributed by atoms with Crippen LogP contribution >= 0.6 is 11.3 Å². The Labute approximate surface area is 193 Å². The number of ketones is 1. The Balaban J connectivity index is 1.41. The Morgan fingerprint density at radius 3 is 2.52 bits per heavy atom. The molecular formula is C23H23F2N5O2S. The number of hydrogen-bond acceptors (Lipinski definition) is 7. The molecule has 1 atom stereocenters. The molecule has 1 aromatic heterocycles. The Kier molecular flexibility index (Phi) is 6.66. The fourth-order valence-corrected chi connectivity index (χ4v) is 4.61. The first-order valence-electron chi connectivity index (χ1n) is 10.4. The van der Waals surface area contributed by atoms with Crippen molar-refractivity contribution in [3.8, 4) is 0 Å². The van der Waals surface area contributed by atoms with Gasteiger partial charge in [-0.25, -0.2) is 13.8 Å². The van der Waals surface area contributed by atoms with Gasteiger partial charge in [0, 0.05) is 23.8 Å². The van der Waals surface area contributed by atoms with E-state index < -0.39 is 23.0 Å². The number of likely N-dealkylation sites (tertiary alicyclic amines) is 1. The maximum absolute atomic E-state index is 14.0. The van der Waals surface area contributed by atoms with Gasteiger partial charge in [0.05, 0.1) is 5.56 Å². The number of nitrogens with two attached hydrogens (primary N) is 1. The molecule has 1 fully saturated rings. The van der Waals surface area contributed by atoms with Crippen LogP contribution in [0.15, 0.2) is 42.5 Å². The van der Waals surface area contributed by atoms with E-state index in [4.69, 9.17) is 5.73 Å². The van der Waals surface area contributed by atoms with Crippen molar-refractivity contribution in [3.05, 3.63) is 70.1 Å². The zero-order valence-corrected chi connectivity index (χ0v) is 18.7. The summed E-state index contributed by atoms with van der Waals surface area (Å²) in [5.74, 6) is -3.07. The molecule has 0 bridgehead atoms. The molecule has 4 N–H and O–H groups in total. The Morgan fingerprint density at radius 1 is 1.18 bits per heavy atom. The molecule has 1 amide bonds. The van der Waals surface area contributed by atoms with Gasteiger partial charge in [0.1, 0.15) is 22.3 Å². The normalized spacial score (nSPS) is 16.0. The molecule has 0 unspecified atom stereocenters. The lowest BCUT2D eigenvalue weighted by atomic mass is 10.1. The van der Waals surface area contributed by atoms with Crippen molar-refractivity contribution >= 4 is 39.7 Å². The van der Waals surface area contributed by atoms with Gasteiger partial charge in [0.25, 0.3) is 5.91 Å². The summed E-state index contributed by atoms with van der Waals surface area (Å²) >= 11 is 0.894. The summed E-state index contributed by atoms with van der Waals surface area (Å²) in [6.07, 6.45) is 2.21. The molecule has 0 aliphatic carbocycles. The van der Waals surface area contributed by atoms with E-state index >= 15 is 0 Å². The highest BCUT2D eigenvalue weighted by atomic mass is 32.1. The van der Waals surface area contributed by atoms with Gasteiger partial charge >= 0.3 is 0 Å². The van der Waals surface area contributed by atoms with E-state index in [9.17, 15) is 18.4 Å². The fraction of sp³-hybridized carbons (Fsp3) is 0.261. The third kappa shape index (κ3) is 5.01. The lowest BCUT2D eigenvalue weighted by Crippen LogP contribution is -2.38. The summed E-state index contributed by atoms with van der Waals surface area (Å²) in [5.41, 5.74) is 6.30. The minimum atomic E-state index is -0.962. The molecule has 7 nitrogen and oxygen atoms in total. The van der Waals surface area contributed by atoms with Crippen LogP contribution in [-0.4, -0.2) is 47.8 Å². The zero-order chi connectivity index (χ0) is 23.5. The molecule has 10 heteroatoms. The second kappa shape index (κ2) is 9.63. The van der Waals surface area contributed by atoms with Crippen LogP contribution in [0.5, 0.6) is 0 Å². The number of amides is 1. The molecule has 1 aliphatic heterocycles. The lowest BCUT2D eigenvalue weighted by Gasteiger charge is -2.19. The number of thiazole rings is 1. The van der Waals surface area contributed by atoms with E-state index in [1.165, 1.54) is 6.07 Å². The molecule has 0 radical (unpaired) electrons. The summed E-state index contributed by atoms with van der Waals surface area (Å²) < 4.78 is 27.9. The Morgan fingerprint density at radius 2 is 1.88 bits per heavy atom. The quantitative estimate of drug-likeness (QED) is 0.453. The molecule has 2 heterocycles. The topological polar surface area (TPSA) is 100 Å². The SMILES string of the molecule is CN1CCC[C@@H]1CNC(=O)c1ccc(Nc2nc(N)c(C(=O)c3c(F)cccc3F)s2)cc1. The predicted octanol–water partition coefficient (Wildman–Crippen LogP) is 3.80. The van der Waals surface area contributed by atoms with Crippen molar-refractivity contribution in [3.63, 3.8) is 0 Å². The number of halogens is 2. The highest BCUT2D eigenvalue weighted by molar-refractivity contribution is 7.18. The predicted molar refractivity (Wildman–Crippen MR) is 124 cm³/mol. The first-order valence-corrected chi connectivity index (χ1v) is 11.3. The molecule has 1 saturated heterocycles. The van der Waals surface area contributed by atoms with Gasteiger partial charge in [-0.2, -0.15) is 0 Å². The number of anilines is 3. The molecule has 0 spiro atoms. The van der Waals surface area contributed by atoms with E-state index in [0.29, 0.717) is 23.8 Å². The number of carbonyl (C=O) groups excluding carboxylic acids is 2. The van der Waals surface area contributed by atoms with Crippen molar-refractivity contribution in [2.75, 3.05) is 31.2 Å². The van der Waals surface area contributed by atoms with E-state index in [-0.39, 0.29) is 21.7 Å². The van der Waals surface area contributed by atoms with Gasteiger partial charge < -0.3 is 21.3 Å². The highest BCUT2D eigenvalue weighted by Gasteiger charge is 2.24. The summed E-state index contributed by atoms with van der Waals surface area (Å²) in [7, 11) is 2.06. The van der Waals surface area contributed by atoms with Crippen molar-refractivity contribution in [2.45, 2.75) is 18.9 Å². The van der Waals surface area contributed by atoms with Gasteiger partial charge in [0.2, 0.25) is 5.78 Å². The first kappa shape index (κ1) is 22.8. The molecule has 3 aromatic rings. The van der Waals surface area contributed by atoms with E-state index in [1.807, 2.05) is 0 Å². The largest absolute Gasteiger partial charge is 0.382 e. The van der Waals surface area contributed by atoms with Crippen molar-refractivity contribution in [1.82, 2.24) is 15.2 Å². The number of aromatic nitrogens is 1. The Bertz CT molecular complexity index is 1160. The van der Waals surface area contributed by atoms with Gasteiger partial charge in [-0.3, -0.25) is 9.59 Å². The number of likely N-dealkylation sites (N-methyl/N-ethyl adjacent to an activating group) is 1. The number of hydrogen-bond donors (Lipinski definition) is 3. The van der Waals surface area contributed by atoms with Gasteiger partial charge in [-0.1, -0.05) is 17.4 Å². The standard InChI is InChI=1S/C23H23F2N5O2S/c1-30-11-3-4-15(30)12-27-22(32)13-7-9-14(10-8-13)28-23-29-21(26)20(33-23)19(31)18-16(24)5-2-6-17(18)25/h2,5-10,15H,3-4,11-12,26H2,1H3,(H,27,32)(H,28,29)/t15-/m1/s1. The summed E-state index contributed by atoms with van der Waals surface area (Å²) in [6, 6.07) is 10.3. The number of nitrogens with zero attached hydrogens (tertiary/aromatic N) is 2. The maximum Gasteiger partial charge on any atom is 0.251 e. The van der Waals surface area contributed by atoms with E-state index in [0.717, 1.165) is 42.9 Å². The monoisotopic (exact) mass is 471 g/mol. The van der Waals surface area contributed by atoms with Crippen LogP contribution < -0.4 is 16.4 Å². The fourth-order valence-electron chi connectivity index (χ4n) is 3.75. The first-order chi connectivity index (χ1) is 15.8. The average molecular weight is 472 g/mol. The van der Waals surface area contributed by atoms with Gasteiger partial charge in [-0.15, -0.1) is 0 Å². The third-order valence-electron chi connectivity index (χ3n) is 5.62. The van der Waals surface area contributed by atoms with Crippen molar-refractivity contribution in [1.29, 1.82) is 0 Å². The van der Waals surface area contributed by atoms with Gasteiger partial charge in [-0.05, 0) is 62.8 Å².